The van der Waals surface area contributed by atoms with Gasteiger partial charge >= 0.3 is 5.97 Å². The lowest BCUT2D eigenvalue weighted by atomic mass is 10.2. The number of hydrogen-bond acceptors (Lipinski definition) is 7. The van der Waals surface area contributed by atoms with Gasteiger partial charge in [0, 0.05) is 11.9 Å². The van der Waals surface area contributed by atoms with Crippen molar-refractivity contribution in [1.82, 2.24) is 4.47 Å². The van der Waals surface area contributed by atoms with Gasteiger partial charge in [-0.25, -0.2) is 13.2 Å². The van der Waals surface area contributed by atoms with Gasteiger partial charge in [0.2, 0.25) is 5.78 Å². The molecule has 0 amide bonds. The highest BCUT2D eigenvalue weighted by molar-refractivity contribution is 7.89. The van der Waals surface area contributed by atoms with Crippen LogP contribution in [-0.2, 0) is 19.6 Å². The molecular formula is C16H17NO6S2. The van der Waals surface area contributed by atoms with E-state index < -0.39 is 22.6 Å². The first-order valence-corrected chi connectivity index (χ1v) is 9.41. The Kier molecular flexibility index (Phi) is 6.07. The number of benzene rings is 1. The summed E-state index contributed by atoms with van der Waals surface area (Å²) >= 11 is 1.32. The number of aryl methyl sites for hydroxylation is 1. The summed E-state index contributed by atoms with van der Waals surface area (Å²) < 4.78 is 30.0. The molecule has 0 unspecified atom stereocenters. The molecule has 0 saturated heterocycles. The fraction of sp³-hybridized carbons (Fsp3) is 0.250. The summed E-state index contributed by atoms with van der Waals surface area (Å²) in [5.41, 5.74) is 0.0285. The molecule has 0 fully saturated rings. The summed E-state index contributed by atoms with van der Waals surface area (Å²) in [5.74, 6) is -1.09. The van der Waals surface area contributed by atoms with Gasteiger partial charge in [0.05, 0.1) is 22.4 Å². The maximum atomic E-state index is 12.2. The quantitative estimate of drug-likeness (QED) is 0.414. The minimum Gasteiger partial charge on any atom is -0.454 e. The molecule has 0 saturated carbocycles. The standard InChI is InChI=1S/C16H17NO6S2/c1-11-7-8-15(24-11)14(18)10-23-16(19)12-5-4-6-13(9-12)25(20,21)17(2)22-3/h4-9H,10H2,1-3H3. The molecule has 0 aliphatic carbocycles. The van der Waals surface area contributed by atoms with Gasteiger partial charge in [0.15, 0.2) is 6.61 Å². The van der Waals surface area contributed by atoms with Crippen molar-refractivity contribution >= 4 is 33.1 Å². The SMILES string of the molecule is CON(C)S(=O)(=O)c1cccc(C(=O)OCC(=O)c2ccc(C)s2)c1. The Morgan fingerprint density at radius 2 is 1.92 bits per heavy atom. The van der Waals surface area contributed by atoms with E-state index in [0.717, 1.165) is 4.88 Å². The van der Waals surface area contributed by atoms with Crippen LogP contribution in [0.4, 0.5) is 0 Å². The Morgan fingerprint density at radius 3 is 2.52 bits per heavy atom. The summed E-state index contributed by atoms with van der Waals surface area (Å²) in [4.78, 5) is 30.1. The monoisotopic (exact) mass is 383 g/mol. The van der Waals surface area contributed by atoms with Crippen molar-refractivity contribution in [2.24, 2.45) is 0 Å². The molecule has 0 aliphatic heterocycles. The first kappa shape index (κ1) is 19.3. The molecule has 7 nitrogen and oxygen atoms in total. The third-order valence-electron chi connectivity index (χ3n) is 3.31. The maximum Gasteiger partial charge on any atom is 0.338 e. The molecule has 1 heterocycles. The molecule has 2 rings (SSSR count). The number of nitrogens with zero attached hydrogens (tertiary/aromatic N) is 1. The van der Waals surface area contributed by atoms with Crippen molar-refractivity contribution in [3.63, 3.8) is 0 Å². The zero-order valence-corrected chi connectivity index (χ0v) is 15.5. The van der Waals surface area contributed by atoms with Crippen LogP contribution in [0.25, 0.3) is 0 Å². The van der Waals surface area contributed by atoms with E-state index in [1.54, 1.807) is 12.1 Å². The molecule has 0 aliphatic rings. The zero-order valence-electron chi connectivity index (χ0n) is 13.9. The minimum absolute atomic E-state index is 0.0285. The number of thiophene rings is 1. The molecule has 0 spiro atoms. The lowest BCUT2D eigenvalue weighted by Crippen LogP contribution is -2.26. The predicted octanol–water partition coefficient (Wildman–Crippen LogP) is 2.28. The molecule has 1 aromatic heterocycles. The van der Waals surface area contributed by atoms with E-state index in [1.807, 2.05) is 6.92 Å². The van der Waals surface area contributed by atoms with E-state index >= 15 is 0 Å². The second-order valence-electron chi connectivity index (χ2n) is 5.03. The van der Waals surface area contributed by atoms with Gasteiger partial charge < -0.3 is 4.74 Å². The predicted molar refractivity (Wildman–Crippen MR) is 92.1 cm³/mol. The average Bonchev–Trinajstić information content (AvgIpc) is 3.05. The highest BCUT2D eigenvalue weighted by atomic mass is 32.2. The van der Waals surface area contributed by atoms with Crippen LogP contribution in [0.1, 0.15) is 24.9 Å². The van der Waals surface area contributed by atoms with Crippen LogP contribution in [0.5, 0.6) is 0 Å². The van der Waals surface area contributed by atoms with E-state index in [1.165, 1.54) is 49.8 Å². The van der Waals surface area contributed by atoms with Gasteiger partial charge in [-0.1, -0.05) is 10.5 Å². The highest BCUT2D eigenvalue weighted by Gasteiger charge is 2.22. The summed E-state index contributed by atoms with van der Waals surface area (Å²) in [6.07, 6.45) is 0. The second kappa shape index (κ2) is 7.87. The van der Waals surface area contributed by atoms with Crippen LogP contribution in [0.15, 0.2) is 41.3 Å². The van der Waals surface area contributed by atoms with Crippen molar-refractivity contribution in [2.45, 2.75) is 11.8 Å². The lowest BCUT2D eigenvalue weighted by Gasteiger charge is -2.14. The number of ketones is 1. The van der Waals surface area contributed by atoms with Gasteiger partial charge in [0.25, 0.3) is 10.0 Å². The number of sulfonamides is 1. The number of rotatable bonds is 7. The Bertz CT molecular complexity index is 888. The third-order valence-corrected chi connectivity index (χ3v) is 6.03. The largest absolute Gasteiger partial charge is 0.454 e. The van der Waals surface area contributed by atoms with E-state index in [2.05, 4.69) is 4.84 Å². The van der Waals surface area contributed by atoms with Crippen molar-refractivity contribution in [3.05, 3.63) is 51.7 Å². The summed E-state index contributed by atoms with van der Waals surface area (Å²) in [5, 5.41) is 0. The lowest BCUT2D eigenvalue weighted by molar-refractivity contribution is -0.0258. The molecule has 0 N–H and O–H groups in total. The Labute approximate surface area is 149 Å². The Hall–Kier alpha value is -2.07. The summed E-state index contributed by atoms with van der Waals surface area (Å²) in [6.45, 7) is 1.46. The number of carbonyl (C=O) groups excluding carboxylic acids is 2. The molecule has 0 bridgehead atoms. The number of hydroxylamine groups is 1. The van der Waals surface area contributed by atoms with Crippen LogP contribution >= 0.6 is 11.3 Å². The second-order valence-corrected chi connectivity index (χ2v) is 8.26. The molecule has 1 aromatic carbocycles. The maximum absolute atomic E-state index is 12.2. The van der Waals surface area contributed by atoms with Gasteiger partial charge in [0.1, 0.15) is 0 Å². The summed E-state index contributed by atoms with van der Waals surface area (Å²) in [7, 11) is -1.42. The Balaban J connectivity index is 2.10. The highest BCUT2D eigenvalue weighted by Crippen LogP contribution is 2.18. The first-order chi connectivity index (χ1) is 11.8. The number of ether oxygens (including phenoxy) is 1. The molecule has 0 atom stereocenters. The van der Waals surface area contributed by atoms with Crippen LogP contribution in [-0.4, -0.2) is 45.4 Å². The first-order valence-electron chi connectivity index (χ1n) is 7.15. The summed E-state index contributed by atoms with van der Waals surface area (Å²) in [6, 6.07) is 8.81. The third kappa shape index (κ3) is 4.51. The van der Waals surface area contributed by atoms with Crippen LogP contribution in [0.2, 0.25) is 0 Å². The smallest absolute Gasteiger partial charge is 0.338 e. The molecule has 2 aromatic rings. The molecule has 0 radical (unpaired) electrons. The van der Waals surface area contributed by atoms with E-state index in [9.17, 15) is 18.0 Å². The number of hydrogen-bond donors (Lipinski definition) is 0. The van der Waals surface area contributed by atoms with Gasteiger partial charge in [-0.05, 0) is 37.3 Å². The number of esters is 1. The zero-order chi connectivity index (χ0) is 18.6. The minimum atomic E-state index is -3.88. The fourth-order valence-corrected chi connectivity index (χ4v) is 3.71. The normalized spacial score (nSPS) is 11.5. The Morgan fingerprint density at radius 1 is 1.20 bits per heavy atom. The van der Waals surface area contributed by atoms with Gasteiger partial charge in [-0.15, -0.1) is 11.3 Å². The van der Waals surface area contributed by atoms with Crippen LogP contribution in [0, 0.1) is 6.92 Å². The topological polar surface area (TPSA) is 90.0 Å². The molecule has 134 valence electrons. The van der Waals surface area contributed by atoms with Crippen molar-refractivity contribution in [1.29, 1.82) is 0 Å². The van der Waals surface area contributed by atoms with Crippen molar-refractivity contribution in [3.8, 4) is 0 Å². The van der Waals surface area contributed by atoms with Crippen molar-refractivity contribution < 1.29 is 27.6 Å². The molecule has 9 heteroatoms. The van der Waals surface area contributed by atoms with Crippen LogP contribution < -0.4 is 0 Å². The van der Waals surface area contributed by atoms with Gasteiger partial charge in [-0.3, -0.25) is 9.63 Å². The van der Waals surface area contributed by atoms with Crippen molar-refractivity contribution in [2.75, 3.05) is 20.8 Å². The van der Waals surface area contributed by atoms with Gasteiger partial charge in [-0.2, -0.15) is 0 Å². The number of carbonyl (C=O) groups is 2. The van der Waals surface area contributed by atoms with Crippen LogP contribution in [0.3, 0.4) is 0 Å². The average molecular weight is 383 g/mol. The molecular weight excluding hydrogens is 366 g/mol. The van der Waals surface area contributed by atoms with E-state index in [4.69, 9.17) is 4.74 Å². The van der Waals surface area contributed by atoms with E-state index in [-0.39, 0.29) is 16.2 Å². The molecule has 25 heavy (non-hydrogen) atoms. The van der Waals surface area contributed by atoms with E-state index in [0.29, 0.717) is 9.35 Å². The number of Topliss-reactive ketones (excluding diaryl/α,β-unsaturated/α-hetero) is 1. The fourth-order valence-electron chi connectivity index (χ4n) is 1.90.